The Hall–Kier alpha value is -2.74. The molecule has 2 heterocycles. The van der Waals surface area contributed by atoms with Gasteiger partial charge in [0.2, 0.25) is 5.91 Å². The quantitative estimate of drug-likeness (QED) is 0.401. The number of carbonyl (C=O) groups excluding carboxylic acids is 4. The Bertz CT molecular complexity index is 1080. The van der Waals surface area contributed by atoms with Gasteiger partial charge in [0.15, 0.2) is 5.78 Å². The van der Waals surface area contributed by atoms with Crippen molar-refractivity contribution >= 4 is 23.4 Å². The summed E-state index contributed by atoms with van der Waals surface area (Å²) in [6.45, 7) is 4.68. The molecule has 10 atom stereocenters. The minimum absolute atomic E-state index is 0.0374. The van der Waals surface area contributed by atoms with Gasteiger partial charge >= 0.3 is 0 Å². The summed E-state index contributed by atoms with van der Waals surface area (Å²) in [7, 11) is 0. The monoisotopic (exact) mass is 510 g/mol. The number of amides is 2. The van der Waals surface area contributed by atoms with Crippen molar-refractivity contribution in [1.29, 1.82) is 0 Å². The number of fused-ring (bicyclic) bond motifs is 7. The van der Waals surface area contributed by atoms with Crippen molar-refractivity contribution in [3.05, 3.63) is 35.6 Å². The minimum atomic E-state index is -1.20. The number of nitrogens with one attached hydrogen (secondary N) is 2. The molecule has 4 N–H and O–H groups in total. The Morgan fingerprint density at radius 1 is 1.08 bits per heavy atom. The Morgan fingerprint density at radius 3 is 2.62 bits per heavy atom. The van der Waals surface area contributed by atoms with Crippen LogP contribution in [0.15, 0.2) is 35.6 Å². The Labute approximate surface area is 217 Å². The topological polar surface area (TPSA) is 133 Å². The number of Topliss-reactive ketones (excluding diaryl/α,β-unsaturated/α-hetero) is 2. The van der Waals surface area contributed by atoms with Gasteiger partial charge in [-0.25, -0.2) is 0 Å². The first-order valence-corrected chi connectivity index (χ1v) is 13.8. The highest BCUT2D eigenvalue weighted by Crippen LogP contribution is 2.61. The van der Waals surface area contributed by atoms with Crippen molar-refractivity contribution in [2.75, 3.05) is 6.54 Å². The molecule has 2 amide bonds. The summed E-state index contributed by atoms with van der Waals surface area (Å²) in [6, 6.07) is -1.17. The zero-order valence-corrected chi connectivity index (χ0v) is 21.6. The van der Waals surface area contributed by atoms with Crippen LogP contribution in [-0.4, -0.2) is 52.3 Å². The van der Waals surface area contributed by atoms with Gasteiger partial charge in [0, 0.05) is 18.9 Å². The number of aliphatic hydroxyl groups excluding tert-OH is 2. The van der Waals surface area contributed by atoms with E-state index in [9.17, 15) is 29.4 Å². The van der Waals surface area contributed by atoms with Gasteiger partial charge in [-0.15, -0.1) is 0 Å². The maximum atomic E-state index is 13.5. The van der Waals surface area contributed by atoms with Crippen molar-refractivity contribution in [2.24, 2.45) is 47.3 Å². The Balaban J connectivity index is 1.47. The fraction of sp³-hybridized carbons (Fsp3) is 0.655. The lowest BCUT2D eigenvalue weighted by molar-refractivity contribution is -0.131. The lowest BCUT2D eigenvalue weighted by Crippen LogP contribution is -2.42. The summed E-state index contributed by atoms with van der Waals surface area (Å²) >= 11 is 0. The summed E-state index contributed by atoms with van der Waals surface area (Å²) in [4.78, 5) is 51.2. The minimum Gasteiger partial charge on any atom is -0.507 e. The van der Waals surface area contributed by atoms with E-state index < -0.39 is 29.6 Å². The summed E-state index contributed by atoms with van der Waals surface area (Å²) in [5, 5.41) is 26.3. The molecule has 4 fully saturated rings. The maximum Gasteiger partial charge on any atom is 0.259 e. The standard InChI is InChI=1S/C29H38N2O6/c1-3-15-11-17-12-19-18-5-4-6-23(35)30-10-9-21(33)27-28(36)26(29(37)31-27)20(32)8-7-16(18)13-22(34)25(19)24(17)14(15)2/h4,6-8,14-19,21,24-25,27,32-33H,3,5,9-13H2,1-2H3,(H,30,35)(H,31,37)/b6-4-,8-7+,26-20?/t14-,15+,16+,17+,18-,19-,21-,24-,25-,27-/m1/s1. The van der Waals surface area contributed by atoms with E-state index in [1.165, 1.54) is 18.6 Å². The average Bonchev–Trinajstić information content (AvgIpc) is 3.48. The molecule has 200 valence electrons. The molecular weight excluding hydrogens is 472 g/mol. The summed E-state index contributed by atoms with van der Waals surface area (Å²) in [5.74, 6) is 0.507. The average molecular weight is 511 g/mol. The van der Waals surface area contributed by atoms with E-state index in [2.05, 4.69) is 24.5 Å². The predicted molar refractivity (Wildman–Crippen MR) is 136 cm³/mol. The molecule has 8 heteroatoms. The van der Waals surface area contributed by atoms with E-state index >= 15 is 0 Å². The van der Waals surface area contributed by atoms with Gasteiger partial charge in [-0.2, -0.15) is 0 Å². The third kappa shape index (κ3) is 4.58. The lowest BCUT2D eigenvalue weighted by Gasteiger charge is -2.40. The number of rotatable bonds is 1. The van der Waals surface area contributed by atoms with E-state index in [-0.39, 0.29) is 53.9 Å². The largest absolute Gasteiger partial charge is 0.507 e. The first-order chi connectivity index (χ1) is 17.7. The van der Waals surface area contributed by atoms with Gasteiger partial charge in [0.1, 0.15) is 23.2 Å². The van der Waals surface area contributed by atoms with Gasteiger partial charge in [-0.1, -0.05) is 32.4 Å². The normalized spacial score (nSPS) is 44.1. The fourth-order valence-corrected chi connectivity index (χ4v) is 8.25. The molecule has 0 spiro atoms. The van der Waals surface area contributed by atoms with Crippen molar-refractivity contribution in [3.8, 4) is 0 Å². The van der Waals surface area contributed by atoms with Crippen LogP contribution in [0.1, 0.15) is 52.4 Å². The molecule has 37 heavy (non-hydrogen) atoms. The third-order valence-corrected chi connectivity index (χ3v) is 9.99. The van der Waals surface area contributed by atoms with Crippen molar-refractivity contribution in [2.45, 2.75) is 64.5 Å². The molecule has 3 saturated carbocycles. The van der Waals surface area contributed by atoms with Crippen LogP contribution in [0.2, 0.25) is 0 Å². The van der Waals surface area contributed by atoms with Gasteiger partial charge in [0.25, 0.3) is 5.91 Å². The number of hydrogen-bond donors (Lipinski definition) is 4. The van der Waals surface area contributed by atoms with Crippen LogP contribution < -0.4 is 10.6 Å². The molecule has 3 aliphatic carbocycles. The van der Waals surface area contributed by atoms with Crippen LogP contribution in [-0.2, 0) is 19.2 Å². The zero-order chi connectivity index (χ0) is 26.4. The zero-order valence-electron chi connectivity index (χ0n) is 21.6. The van der Waals surface area contributed by atoms with E-state index in [4.69, 9.17) is 0 Å². The van der Waals surface area contributed by atoms with Crippen molar-refractivity contribution in [3.63, 3.8) is 0 Å². The molecule has 0 aromatic carbocycles. The second-order valence-electron chi connectivity index (χ2n) is 11.7. The van der Waals surface area contributed by atoms with E-state index in [1.54, 1.807) is 6.08 Å². The van der Waals surface area contributed by atoms with Crippen LogP contribution in [0.4, 0.5) is 0 Å². The van der Waals surface area contributed by atoms with E-state index in [0.717, 1.165) is 12.8 Å². The lowest BCUT2D eigenvalue weighted by atomic mass is 9.63. The number of ketones is 2. The molecule has 5 aliphatic rings. The maximum absolute atomic E-state index is 13.5. The first-order valence-electron chi connectivity index (χ1n) is 13.8. The molecule has 0 radical (unpaired) electrons. The smallest absolute Gasteiger partial charge is 0.259 e. The van der Waals surface area contributed by atoms with Crippen molar-refractivity contribution < 1.29 is 29.4 Å². The van der Waals surface area contributed by atoms with Crippen LogP contribution in [0, 0.1) is 47.3 Å². The van der Waals surface area contributed by atoms with Gasteiger partial charge in [-0.3, -0.25) is 19.2 Å². The molecule has 0 aromatic rings. The van der Waals surface area contributed by atoms with Gasteiger partial charge < -0.3 is 20.8 Å². The highest BCUT2D eigenvalue weighted by molar-refractivity contribution is 6.27. The summed E-state index contributed by atoms with van der Waals surface area (Å²) in [6.07, 6.45) is 9.70. The van der Waals surface area contributed by atoms with Crippen LogP contribution in [0.25, 0.3) is 0 Å². The fourth-order valence-electron chi connectivity index (χ4n) is 8.25. The van der Waals surface area contributed by atoms with Gasteiger partial charge in [0.05, 0.1) is 6.10 Å². The summed E-state index contributed by atoms with van der Waals surface area (Å²) in [5.41, 5.74) is -0.372. The van der Waals surface area contributed by atoms with Gasteiger partial charge in [-0.05, 0) is 79.3 Å². The molecular formula is C29H38N2O6. The highest BCUT2D eigenvalue weighted by Gasteiger charge is 2.58. The van der Waals surface area contributed by atoms with Crippen LogP contribution in [0.5, 0.6) is 0 Å². The number of hydrogen-bond acceptors (Lipinski definition) is 6. The molecule has 2 aliphatic heterocycles. The summed E-state index contributed by atoms with van der Waals surface area (Å²) < 4.78 is 0. The van der Waals surface area contributed by atoms with Crippen LogP contribution in [0.3, 0.4) is 0 Å². The Kier molecular flexibility index (Phi) is 7.14. The molecule has 0 unspecified atom stereocenters. The second kappa shape index (κ2) is 10.2. The highest BCUT2D eigenvalue weighted by atomic mass is 16.3. The number of carbonyl (C=O) groups is 4. The number of allylic oxidation sites excluding steroid dienone is 3. The predicted octanol–water partition coefficient (Wildman–Crippen LogP) is 2.39. The second-order valence-corrected chi connectivity index (χ2v) is 11.7. The third-order valence-electron chi connectivity index (χ3n) is 9.99. The first kappa shape index (κ1) is 25.9. The SMILES string of the molecule is CC[C@H]1C[C@H]2C[C@@H]3[C@@H]4C/C=C\C(=O)NCC[C@@H](O)[C@H]5NC(=O)C(=C(O)/C=C/[C@H]4CC(=O)[C@@H]3[C@@H]2[C@@H]1C)C5=O. The molecule has 0 aromatic heterocycles. The Morgan fingerprint density at radius 2 is 1.86 bits per heavy atom. The van der Waals surface area contributed by atoms with Crippen molar-refractivity contribution in [1.82, 2.24) is 10.6 Å². The van der Waals surface area contributed by atoms with Crippen LogP contribution >= 0.6 is 0 Å². The molecule has 1 saturated heterocycles. The molecule has 8 nitrogen and oxygen atoms in total. The van der Waals surface area contributed by atoms with E-state index in [0.29, 0.717) is 36.5 Å². The molecule has 5 rings (SSSR count). The number of aliphatic hydroxyl groups is 2. The molecule has 2 bridgehead atoms. The van der Waals surface area contributed by atoms with E-state index in [1.807, 2.05) is 6.08 Å².